The van der Waals surface area contributed by atoms with Gasteiger partial charge in [0.2, 0.25) is 5.91 Å². The molecule has 0 heterocycles. The maximum absolute atomic E-state index is 13.0. The van der Waals surface area contributed by atoms with Crippen molar-refractivity contribution in [1.82, 2.24) is 10.6 Å². The molecule has 0 aliphatic rings. The van der Waals surface area contributed by atoms with E-state index in [1.54, 1.807) is 19.1 Å². The van der Waals surface area contributed by atoms with E-state index in [0.717, 1.165) is 5.56 Å². The van der Waals surface area contributed by atoms with Crippen molar-refractivity contribution in [2.45, 2.75) is 13.0 Å². The van der Waals surface area contributed by atoms with Gasteiger partial charge in [-0.3, -0.25) is 10.1 Å². The zero-order valence-corrected chi connectivity index (χ0v) is 9.66. The van der Waals surface area contributed by atoms with Crippen LogP contribution in [0.5, 0.6) is 0 Å². The van der Waals surface area contributed by atoms with E-state index in [1.165, 1.54) is 12.1 Å². The molecule has 1 unspecified atom stereocenters. The first-order chi connectivity index (χ1) is 8.13. The summed E-state index contributed by atoms with van der Waals surface area (Å²) in [6, 6.07) is 5.92. The van der Waals surface area contributed by atoms with Gasteiger partial charge in [0.15, 0.2) is 0 Å². The van der Waals surface area contributed by atoms with E-state index in [1.807, 2.05) is 0 Å². The molecular weight excluding hydrogens is 219 g/mol. The predicted octanol–water partition coefficient (Wildman–Crippen LogP) is 1.23. The van der Waals surface area contributed by atoms with Gasteiger partial charge >= 0.3 is 0 Å². The van der Waals surface area contributed by atoms with Crippen molar-refractivity contribution in [3.8, 4) is 12.3 Å². The Bertz CT molecular complexity index is 426. The van der Waals surface area contributed by atoms with Gasteiger partial charge in [0.1, 0.15) is 5.82 Å². The Morgan fingerprint density at radius 1 is 1.59 bits per heavy atom. The van der Waals surface area contributed by atoms with Crippen LogP contribution in [-0.4, -0.2) is 19.0 Å². The fourth-order valence-electron chi connectivity index (χ4n) is 1.40. The molecule has 0 bridgehead atoms. The Balaban J connectivity index is 2.46. The maximum Gasteiger partial charge on any atom is 0.234 e. The molecule has 0 saturated heterocycles. The van der Waals surface area contributed by atoms with Gasteiger partial charge in [-0.15, -0.1) is 6.42 Å². The third-order valence-electron chi connectivity index (χ3n) is 2.24. The lowest BCUT2D eigenvalue weighted by molar-refractivity contribution is -0.120. The highest BCUT2D eigenvalue weighted by Crippen LogP contribution is 2.12. The third-order valence-corrected chi connectivity index (χ3v) is 2.24. The Hall–Kier alpha value is -1.86. The number of benzene rings is 1. The molecular formula is C13H15FN2O. The minimum absolute atomic E-state index is 0.157. The first kappa shape index (κ1) is 13.2. The van der Waals surface area contributed by atoms with E-state index >= 15 is 0 Å². The molecule has 17 heavy (non-hydrogen) atoms. The summed E-state index contributed by atoms with van der Waals surface area (Å²) in [6.45, 7) is 2.31. The molecule has 0 aliphatic carbocycles. The molecule has 1 atom stereocenters. The molecule has 1 amide bonds. The third kappa shape index (κ3) is 4.66. The van der Waals surface area contributed by atoms with E-state index in [-0.39, 0.29) is 24.3 Å². The summed E-state index contributed by atoms with van der Waals surface area (Å²) >= 11 is 0. The van der Waals surface area contributed by atoms with Crippen LogP contribution in [0.4, 0.5) is 4.39 Å². The lowest BCUT2D eigenvalue weighted by atomic mass is 10.1. The quantitative estimate of drug-likeness (QED) is 0.594. The fraction of sp³-hybridized carbons (Fsp3) is 0.308. The molecule has 90 valence electrons. The molecule has 0 spiro atoms. The van der Waals surface area contributed by atoms with Crippen molar-refractivity contribution in [3.05, 3.63) is 35.6 Å². The van der Waals surface area contributed by atoms with Crippen molar-refractivity contribution < 1.29 is 9.18 Å². The molecule has 1 aromatic rings. The van der Waals surface area contributed by atoms with Crippen LogP contribution < -0.4 is 10.6 Å². The molecule has 0 aliphatic heterocycles. The Morgan fingerprint density at radius 3 is 3.00 bits per heavy atom. The summed E-state index contributed by atoms with van der Waals surface area (Å²) in [7, 11) is 0. The van der Waals surface area contributed by atoms with Gasteiger partial charge in [0.25, 0.3) is 0 Å². The Kier molecular flexibility index (Phi) is 5.18. The molecule has 2 N–H and O–H groups in total. The number of carbonyl (C=O) groups excluding carboxylic acids is 1. The zero-order chi connectivity index (χ0) is 12.7. The second-order valence-electron chi connectivity index (χ2n) is 3.65. The van der Waals surface area contributed by atoms with Crippen LogP contribution in [0.3, 0.4) is 0 Å². The number of halogens is 1. The van der Waals surface area contributed by atoms with Crippen molar-refractivity contribution in [2.75, 3.05) is 13.1 Å². The molecule has 1 aromatic carbocycles. The van der Waals surface area contributed by atoms with Gasteiger partial charge in [-0.25, -0.2) is 4.39 Å². The van der Waals surface area contributed by atoms with Gasteiger partial charge < -0.3 is 5.32 Å². The SMILES string of the molecule is C#CCNCC(=O)NC(C)c1cccc(F)c1. The number of carbonyl (C=O) groups is 1. The topological polar surface area (TPSA) is 41.1 Å². The monoisotopic (exact) mass is 234 g/mol. The summed E-state index contributed by atoms with van der Waals surface area (Å²) in [4.78, 5) is 11.5. The van der Waals surface area contributed by atoms with Crippen LogP contribution in [0, 0.1) is 18.2 Å². The molecule has 0 saturated carbocycles. The van der Waals surface area contributed by atoms with Crippen molar-refractivity contribution in [3.63, 3.8) is 0 Å². The summed E-state index contributed by atoms with van der Waals surface area (Å²) in [5, 5.41) is 5.53. The van der Waals surface area contributed by atoms with E-state index in [9.17, 15) is 9.18 Å². The van der Waals surface area contributed by atoms with E-state index in [0.29, 0.717) is 6.54 Å². The van der Waals surface area contributed by atoms with Gasteiger partial charge in [0, 0.05) is 0 Å². The second-order valence-corrected chi connectivity index (χ2v) is 3.65. The average Bonchev–Trinajstić information content (AvgIpc) is 2.29. The summed E-state index contributed by atoms with van der Waals surface area (Å²) in [6.07, 6.45) is 5.04. The van der Waals surface area contributed by atoms with Crippen LogP contribution in [-0.2, 0) is 4.79 Å². The average molecular weight is 234 g/mol. The highest BCUT2D eigenvalue weighted by molar-refractivity contribution is 5.78. The first-order valence-electron chi connectivity index (χ1n) is 5.32. The summed E-state index contributed by atoms with van der Waals surface area (Å²) in [5.41, 5.74) is 0.732. The molecule has 0 fully saturated rings. The standard InChI is InChI=1S/C13H15FN2O/c1-3-7-15-9-13(17)16-10(2)11-5-4-6-12(14)8-11/h1,4-6,8,10,15H,7,9H2,2H3,(H,16,17). The second kappa shape index (κ2) is 6.66. The highest BCUT2D eigenvalue weighted by Gasteiger charge is 2.09. The predicted molar refractivity (Wildman–Crippen MR) is 64.7 cm³/mol. The van der Waals surface area contributed by atoms with Crippen LogP contribution in [0.15, 0.2) is 24.3 Å². The normalized spacial score (nSPS) is 11.6. The molecule has 3 nitrogen and oxygen atoms in total. The number of amides is 1. The van der Waals surface area contributed by atoms with E-state index in [2.05, 4.69) is 16.6 Å². The smallest absolute Gasteiger partial charge is 0.234 e. The Morgan fingerprint density at radius 2 is 2.35 bits per heavy atom. The van der Waals surface area contributed by atoms with Crippen molar-refractivity contribution in [2.24, 2.45) is 0 Å². The number of nitrogens with one attached hydrogen (secondary N) is 2. The molecule has 1 rings (SSSR count). The van der Waals surface area contributed by atoms with Gasteiger partial charge in [-0.1, -0.05) is 18.1 Å². The Labute approximate surface area is 100 Å². The van der Waals surface area contributed by atoms with Crippen LogP contribution >= 0.6 is 0 Å². The van der Waals surface area contributed by atoms with E-state index < -0.39 is 0 Å². The first-order valence-corrected chi connectivity index (χ1v) is 5.32. The van der Waals surface area contributed by atoms with Crippen LogP contribution in [0.2, 0.25) is 0 Å². The van der Waals surface area contributed by atoms with Crippen LogP contribution in [0.25, 0.3) is 0 Å². The lowest BCUT2D eigenvalue weighted by Crippen LogP contribution is -2.35. The molecule has 0 aromatic heterocycles. The van der Waals surface area contributed by atoms with Crippen molar-refractivity contribution >= 4 is 5.91 Å². The minimum Gasteiger partial charge on any atom is -0.348 e. The molecule has 0 radical (unpaired) electrons. The van der Waals surface area contributed by atoms with Crippen LogP contribution in [0.1, 0.15) is 18.5 Å². The number of hydrogen-bond acceptors (Lipinski definition) is 2. The van der Waals surface area contributed by atoms with Gasteiger partial charge in [-0.2, -0.15) is 0 Å². The van der Waals surface area contributed by atoms with Gasteiger partial charge in [-0.05, 0) is 24.6 Å². The number of hydrogen-bond donors (Lipinski definition) is 2. The largest absolute Gasteiger partial charge is 0.348 e. The maximum atomic E-state index is 13.0. The summed E-state index contributed by atoms with van der Waals surface area (Å²) < 4.78 is 13.0. The number of terminal acetylenes is 1. The lowest BCUT2D eigenvalue weighted by Gasteiger charge is -2.14. The van der Waals surface area contributed by atoms with Gasteiger partial charge in [0.05, 0.1) is 19.1 Å². The van der Waals surface area contributed by atoms with Crippen molar-refractivity contribution in [1.29, 1.82) is 0 Å². The highest BCUT2D eigenvalue weighted by atomic mass is 19.1. The molecule has 4 heteroatoms. The zero-order valence-electron chi connectivity index (χ0n) is 9.66. The fourth-order valence-corrected chi connectivity index (χ4v) is 1.40. The minimum atomic E-state index is -0.311. The number of rotatable bonds is 5. The summed E-state index contributed by atoms with van der Waals surface area (Å²) in [5.74, 6) is 1.89. The van der Waals surface area contributed by atoms with E-state index in [4.69, 9.17) is 6.42 Å².